The van der Waals surface area contributed by atoms with E-state index in [0.717, 1.165) is 5.56 Å². The largest absolute Gasteiger partial charge is 0.401 e. The number of hydrogen-bond acceptors (Lipinski definition) is 4. The summed E-state index contributed by atoms with van der Waals surface area (Å²) in [6, 6.07) is 15.8. The average Bonchev–Trinajstić information content (AvgIpc) is 3.06. The number of halogens is 3. The van der Waals surface area contributed by atoms with Gasteiger partial charge in [0.15, 0.2) is 0 Å². The molecule has 32 heavy (non-hydrogen) atoms. The van der Waals surface area contributed by atoms with Crippen LogP contribution < -0.4 is 5.56 Å². The number of para-hydroxylation sites is 1. The summed E-state index contributed by atoms with van der Waals surface area (Å²) in [6.45, 7) is 2.63. The molecule has 0 saturated heterocycles. The van der Waals surface area contributed by atoms with E-state index in [2.05, 4.69) is 11.7 Å². The van der Waals surface area contributed by atoms with E-state index in [1.807, 2.05) is 0 Å². The van der Waals surface area contributed by atoms with Gasteiger partial charge in [0, 0.05) is 13.1 Å². The summed E-state index contributed by atoms with van der Waals surface area (Å²) in [4.78, 5) is 14.2. The number of nitrogens with zero attached hydrogens (tertiary/aromatic N) is 5. The van der Waals surface area contributed by atoms with Crippen LogP contribution in [-0.2, 0) is 19.8 Å². The zero-order chi connectivity index (χ0) is 22.9. The van der Waals surface area contributed by atoms with Crippen LogP contribution in [0.15, 0.2) is 72.0 Å². The van der Waals surface area contributed by atoms with Gasteiger partial charge in [-0.15, -0.1) is 11.7 Å². The van der Waals surface area contributed by atoms with E-state index in [1.165, 1.54) is 14.1 Å². The van der Waals surface area contributed by atoms with Gasteiger partial charge in [0.1, 0.15) is 0 Å². The van der Waals surface area contributed by atoms with Crippen molar-refractivity contribution in [2.75, 3.05) is 6.54 Å². The lowest BCUT2D eigenvalue weighted by Crippen LogP contribution is -2.35. The number of fused-ring (bicyclic) bond motifs is 3. The van der Waals surface area contributed by atoms with E-state index in [0.29, 0.717) is 10.9 Å². The highest BCUT2D eigenvalue weighted by Gasteiger charge is 2.31. The molecule has 0 spiro atoms. The Hall–Kier alpha value is -3.24. The van der Waals surface area contributed by atoms with E-state index in [-0.39, 0.29) is 35.9 Å². The molecule has 166 valence electrons. The van der Waals surface area contributed by atoms with Crippen LogP contribution in [0.5, 0.6) is 0 Å². The third-order valence-electron chi connectivity index (χ3n) is 4.98. The lowest BCUT2D eigenvalue weighted by Gasteiger charge is -2.23. The SMILES string of the molecule is C=CCn1c(=O)c2ccccc2n2c(=S)n(CN(Cc3ccccc3)CC(F)(F)F)nc12. The molecule has 6 nitrogen and oxygen atoms in total. The van der Waals surface area contributed by atoms with Gasteiger partial charge in [-0.25, -0.2) is 4.68 Å². The van der Waals surface area contributed by atoms with Crippen molar-refractivity contribution < 1.29 is 13.2 Å². The number of rotatable bonds is 7. The molecule has 10 heteroatoms. The molecule has 2 heterocycles. The Kier molecular flexibility index (Phi) is 5.98. The van der Waals surface area contributed by atoms with Crippen molar-refractivity contribution in [3.05, 3.63) is 87.9 Å². The lowest BCUT2D eigenvalue weighted by molar-refractivity contribution is -0.151. The fraction of sp³-hybridized carbons (Fsp3) is 0.227. The summed E-state index contributed by atoms with van der Waals surface area (Å²) >= 11 is 5.58. The highest BCUT2D eigenvalue weighted by atomic mass is 32.1. The third-order valence-corrected chi connectivity index (χ3v) is 5.38. The fourth-order valence-electron chi connectivity index (χ4n) is 3.69. The number of aromatic nitrogens is 4. The second-order valence-corrected chi connectivity index (χ2v) is 7.73. The molecular formula is C22H20F3N5OS. The van der Waals surface area contributed by atoms with Gasteiger partial charge in [0.05, 0.1) is 24.1 Å². The highest BCUT2D eigenvalue weighted by molar-refractivity contribution is 7.71. The van der Waals surface area contributed by atoms with Gasteiger partial charge < -0.3 is 0 Å². The molecule has 4 aromatic rings. The van der Waals surface area contributed by atoms with Crippen molar-refractivity contribution in [2.45, 2.75) is 25.9 Å². The minimum Gasteiger partial charge on any atom is -0.272 e. The Morgan fingerprint density at radius 2 is 1.78 bits per heavy atom. The Morgan fingerprint density at radius 1 is 1.09 bits per heavy atom. The quantitative estimate of drug-likeness (QED) is 0.304. The molecule has 0 bridgehead atoms. The van der Waals surface area contributed by atoms with Crippen LogP contribution in [0.3, 0.4) is 0 Å². The fourth-order valence-corrected chi connectivity index (χ4v) is 3.97. The summed E-state index contributed by atoms with van der Waals surface area (Å²) < 4.78 is 44.4. The van der Waals surface area contributed by atoms with Crippen molar-refractivity contribution in [3.8, 4) is 0 Å². The monoisotopic (exact) mass is 459 g/mol. The summed E-state index contributed by atoms with van der Waals surface area (Å²) in [6.07, 6.45) is -2.84. The van der Waals surface area contributed by atoms with E-state index in [4.69, 9.17) is 12.2 Å². The Labute approximate surface area is 186 Å². The van der Waals surface area contributed by atoms with E-state index in [9.17, 15) is 18.0 Å². The summed E-state index contributed by atoms with van der Waals surface area (Å²) in [7, 11) is 0. The zero-order valence-electron chi connectivity index (χ0n) is 17.0. The Morgan fingerprint density at radius 3 is 2.47 bits per heavy atom. The second-order valence-electron chi connectivity index (χ2n) is 7.37. The van der Waals surface area contributed by atoms with Gasteiger partial charge in [0.25, 0.3) is 5.56 Å². The number of benzene rings is 2. The molecule has 0 fully saturated rings. The van der Waals surface area contributed by atoms with Gasteiger partial charge in [-0.1, -0.05) is 48.5 Å². The van der Waals surface area contributed by atoms with Crippen LogP contribution in [0, 0.1) is 4.77 Å². The number of hydrogen-bond donors (Lipinski definition) is 0. The molecule has 4 rings (SSSR count). The first-order valence-electron chi connectivity index (χ1n) is 9.83. The smallest absolute Gasteiger partial charge is 0.272 e. The lowest BCUT2D eigenvalue weighted by atomic mass is 10.2. The van der Waals surface area contributed by atoms with Crippen molar-refractivity contribution in [1.29, 1.82) is 0 Å². The predicted molar refractivity (Wildman–Crippen MR) is 119 cm³/mol. The van der Waals surface area contributed by atoms with Crippen LogP contribution in [0.25, 0.3) is 16.7 Å². The molecule has 0 aliphatic carbocycles. The molecule has 0 radical (unpaired) electrons. The first kappa shape index (κ1) is 22.0. The van der Waals surface area contributed by atoms with Gasteiger partial charge in [-0.05, 0) is 29.9 Å². The first-order chi connectivity index (χ1) is 15.3. The van der Waals surface area contributed by atoms with Crippen LogP contribution in [0.2, 0.25) is 0 Å². The maximum Gasteiger partial charge on any atom is 0.401 e. The van der Waals surface area contributed by atoms with Crippen LogP contribution in [0.1, 0.15) is 5.56 Å². The van der Waals surface area contributed by atoms with Crippen LogP contribution in [-0.4, -0.2) is 36.4 Å². The maximum absolute atomic E-state index is 13.3. The Bertz CT molecular complexity index is 1390. The van der Waals surface area contributed by atoms with Gasteiger partial charge in [0.2, 0.25) is 10.5 Å². The average molecular weight is 459 g/mol. The van der Waals surface area contributed by atoms with E-state index >= 15 is 0 Å². The topological polar surface area (TPSA) is 47.5 Å². The minimum absolute atomic E-state index is 0.0657. The number of alkyl halides is 3. The number of allylic oxidation sites excluding steroid dienone is 1. The van der Waals surface area contributed by atoms with E-state index in [1.54, 1.807) is 65.1 Å². The zero-order valence-corrected chi connectivity index (χ0v) is 17.8. The van der Waals surface area contributed by atoms with Crippen molar-refractivity contribution in [3.63, 3.8) is 0 Å². The minimum atomic E-state index is -4.40. The molecule has 0 aliphatic rings. The highest BCUT2D eigenvalue weighted by Crippen LogP contribution is 2.20. The van der Waals surface area contributed by atoms with Gasteiger partial charge >= 0.3 is 6.18 Å². The standard InChI is InChI=1S/C22H20F3N5OS/c1-2-12-28-19(31)17-10-6-7-11-18(17)30-20(28)26-29(21(30)32)15-27(14-22(23,24)25)13-16-8-4-3-5-9-16/h2-11H,1,12-15H2. The second kappa shape index (κ2) is 8.71. The Balaban J connectivity index is 1.84. The van der Waals surface area contributed by atoms with Crippen molar-refractivity contribution >= 4 is 28.9 Å². The molecule has 0 atom stereocenters. The normalized spacial score (nSPS) is 12.1. The molecule has 2 aromatic heterocycles. The molecule has 2 aromatic carbocycles. The summed E-state index contributed by atoms with van der Waals surface area (Å²) in [5, 5.41) is 4.87. The van der Waals surface area contributed by atoms with Crippen molar-refractivity contribution in [2.24, 2.45) is 0 Å². The molecule has 0 N–H and O–H groups in total. The molecule has 0 amide bonds. The predicted octanol–water partition coefficient (Wildman–Crippen LogP) is 4.39. The summed E-state index contributed by atoms with van der Waals surface area (Å²) in [5.74, 6) is 0.255. The van der Waals surface area contributed by atoms with Gasteiger partial charge in [-0.3, -0.25) is 18.7 Å². The first-order valence-corrected chi connectivity index (χ1v) is 10.2. The van der Waals surface area contributed by atoms with Crippen LogP contribution >= 0.6 is 12.2 Å². The molecule has 0 saturated carbocycles. The van der Waals surface area contributed by atoms with E-state index < -0.39 is 12.7 Å². The molecular weight excluding hydrogens is 439 g/mol. The molecule has 0 unspecified atom stereocenters. The maximum atomic E-state index is 13.3. The van der Waals surface area contributed by atoms with Crippen LogP contribution in [0.4, 0.5) is 13.2 Å². The van der Waals surface area contributed by atoms with Crippen molar-refractivity contribution in [1.82, 2.24) is 23.6 Å². The van der Waals surface area contributed by atoms with Gasteiger partial charge in [-0.2, -0.15) is 13.2 Å². The third kappa shape index (κ3) is 4.37. The molecule has 0 aliphatic heterocycles. The summed E-state index contributed by atoms with van der Waals surface area (Å²) in [5.41, 5.74) is 1.02.